The Labute approximate surface area is 199 Å². The number of thiocarbonyl (C=S) groups is 1. The van der Waals surface area contributed by atoms with Crippen LogP contribution in [0.2, 0.25) is 0 Å². The van der Waals surface area contributed by atoms with Gasteiger partial charge in [0, 0.05) is 37.2 Å². The third-order valence-corrected chi connectivity index (χ3v) is 5.52. The summed E-state index contributed by atoms with van der Waals surface area (Å²) in [5, 5.41) is 5.59. The van der Waals surface area contributed by atoms with Gasteiger partial charge in [-0.1, -0.05) is 36.4 Å². The summed E-state index contributed by atoms with van der Waals surface area (Å²) in [5.41, 5.74) is 2.28. The first kappa shape index (κ1) is 24.4. The van der Waals surface area contributed by atoms with Crippen molar-refractivity contribution in [1.29, 1.82) is 0 Å². The fraction of sp³-hybridized carbons (Fsp3) is 0.360. The summed E-state index contributed by atoms with van der Waals surface area (Å²) in [6, 6.07) is 16.8. The Morgan fingerprint density at radius 1 is 0.939 bits per heavy atom. The number of hydrogen-bond acceptors (Lipinski definition) is 5. The molecule has 1 aliphatic rings. The van der Waals surface area contributed by atoms with Crippen LogP contribution in [0.4, 0.5) is 5.69 Å². The van der Waals surface area contributed by atoms with Crippen LogP contribution in [-0.4, -0.2) is 47.5 Å². The van der Waals surface area contributed by atoms with Crippen LogP contribution in [0.15, 0.2) is 54.6 Å². The molecule has 0 bridgehead atoms. The van der Waals surface area contributed by atoms with Gasteiger partial charge in [-0.3, -0.25) is 14.4 Å². The maximum atomic E-state index is 12.7. The first-order valence-corrected chi connectivity index (χ1v) is 11.6. The number of anilines is 1. The molecule has 0 radical (unpaired) electrons. The van der Waals surface area contributed by atoms with Crippen LogP contribution < -0.4 is 10.6 Å². The number of hydrogen-bond donors (Lipinski definition) is 2. The van der Waals surface area contributed by atoms with Gasteiger partial charge in [0.2, 0.25) is 5.91 Å². The monoisotopic (exact) mass is 467 g/mol. The largest absolute Gasteiger partial charge is 0.465 e. The van der Waals surface area contributed by atoms with Crippen LogP contribution in [0.25, 0.3) is 0 Å². The summed E-state index contributed by atoms with van der Waals surface area (Å²) in [5.74, 6) is -0.809. The Morgan fingerprint density at radius 3 is 2.45 bits per heavy atom. The summed E-state index contributed by atoms with van der Waals surface area (Å²) in [6.45, 7) is 1.83. The van der Waals surface area contributed by atoms with Crippen LogP contribution in [0.1, 0.15) is 48.0 Å². The fourth-order valence-corrected chi connectivity index (χ4v) is 3.81. The lowest BCUT2D eigenvalue weighted by Crippen LogP contribution is -2.36. The maximum Gasteiger partial charge on any atom is 0.306 e. The minimum absolute atomic E-state index is 0.000851. The lowest BCUT2D eigenvalue weighted by Gasteiger charge is -2.26. The van der Waals surface area contributed by atoms with Crippen molar-refractivity contribution >= 4 is 40.8 Å². The number of nitrogens with one attached hydrogen (secondary N) is 2. The van der Waals surface area contributed by atoms with Crippen molar-refractivity contribution in [3.63, 3.8) is 0 Å². The van der Waals surface area contributed by atoms with E-state index < -0.39 is 5.97 Å². The van der Waals surface area contributed by atoms with E-state index in [1.165, 1.54) is 0 Å². The summed E-state index contributed by atoms with van der Waals surface area (Å²) < 4.78 is 5.18. The number of carbonyl (C=O) groups is 3. The first-order valence-electron chi connectivity index (χ1n) is 11.2. The zero-order valence-electron chi connectivity index (χ0n) is 18.5. The molecule has 0 unspecified atom stereocenters. The average Bonchev–Trinajstić information content (AvgIpc) is 2.83. The lowest BCUT2D eigenvalue weighted by molar-refractivity contribution is -0.144. The predicted octanol–water partition coefficient (Wildman–Crippen LogP) is 3.69. The zero-order chi connectivity index (χ0) is 23.5. The Bertz CT molecular complexity index is 975. The number of ether oxygens (including phenoxy) is 1. The van der Waals surface area contributed by atoms with E-state index in [0.29, 0.717) is 17.7 Å². The molecule has 1 saturated heterocycles. The second kappa shape index (κ2) is 12.7. The third-order valence-electron chi connectivity index (χ3n) is 5.32. The normalized spacial score (nSPS) is 13.2. The highest BCUT2D eigenvalue weighted by molar-refractivity contribution is 7.80. The molecule has 1 heterocycles. The number of rotatable bonds is 8. The van der Waals surface area contributed by atoms with E-state index in [4.69, 9.17) is 17.0 Å². The van der Waals surface area contributed by atoms with Gasteiger partial charge in [-0.05, 0) is 55.2 Å². The van der Waals surface area contributed by atoms with E-state index >= 15 is 0 Å². The van der Waals surface area contributed by atoms with Gasteiger partial charge in [0.05, 0.1) is 13.0 Å². The molecule has 2 aromatic rings. The van der Waals surface area contributed by atoms with Crippen LogP contribution in [-0.2, 0) is 20.7 Å². The van der Waals surface area contributed by atoms with Gasteiger partial charge in [-0.25, -0.2) is 0 Å². The summed E-state index contributed by atoms with van der Waals surface area (Å²) in [7, 11) is 0. The van der Waals surface area contributed by atoms with E-state index in [1.54, 1.807) is 24.3 Å². The second-order valence-corrected chi connectivity index (χ2v) is 8.30. The minimum Gasteiger partial charge on any atom is -0.465 e. The number of nitrogens with zero attached hydrogens (tertiary/aromatic N) is 1. The third kappa shape index (κ3) is 8.31. The number of likely N-dealkylation sites (tertiary alicyclic amines) is 1. The molecule has 1 fully saturated rings. The maximum absolute atomic E-state index is 12.7. The van der Waals surface area contributed by atoms with Gasteiger partial charge in [0.1, 0.15) is 0 Å². The topological polar surface area (TPSA) is 87.7 Å². The quantitative estimate of drug-likeness (QED) is 0.455. The minimum atomic E-state index is -0.427. The van der Waals surface area contributed by atoms with Gasteiger partial charge < -0.3 is 20.3 Å². The molecule has 33 heavy (non-hydrogen) atoms. The van der Waals surface area contributed by atoms with Gasteiger partial charge in [-0.2, -0.15) is 0 Å². The molecular weight excluding hydrogens is 438 g/mol. The Kier molecular flexibility index (Phi) is 9.38. The van der Waals surface area contributed by atoms with Crippen molar-refractivity contribution < 1.29 is 19.1 Å². The molecule has 174 valence electrons. The van der Waals surface area contributed by atoms with Crippen molar-refractivity contribution in [2.24, 2.45) is 0 Å². The number of carbonyl (C=O) groups excluding carboxylic acids is 3. The SMILES string of the molecule is O=C(CCC(=O)OCCc1ccccc1)NC(=S)Nc1cccc(C(=O)N2CCCCC2)c1. The Balaban J connectivity index is 1.38. The molecule has 0 spiro atoms. The van der Waals surface area contributed by atoms with Crippen LogP contribution in [0.5, 0.6) is 0 Å². The Hall–Kier alpha value is -3.26. The van der Waals surface area contributed by atoms with Gasteiger partial charge in [0.15, 0.2) is 5.11 Å². The Morgan fingerprint density at radius 2 is 1.70 bits per heavy atom. The molecule has 7 nitrogen and oxygen atoms in total. The van der Waals surface area contributed by atoms with Crippen molar-refractivity contribution in [3.8, 4) is 0 Å². The molecule has 0 aromatic heterocycles. The fourth-order valence-electron chi connectivity index (χ4n) is 3.58. The standard InChI is InChI=1S/C25H29N3O4S/c29-22(12-13-23(30)32-17-14-19-8-3-1-4-9-19)27-25(33)26-21-11-7-10-20(18-21)24(31)28-15-5-2-6-16-28/h1,3-4,7-11,18H,2,5-6,12-17H2,(H2,26,27,29,33). The molecular formula is C25H29N3O4S. The molecule has 1 aliphatic heterocycles. The smallest absolute Gasteiger partial charge is 0.306 e. The first-order chi connectivity index (χ1) is 16.0. The van der Waals surface area contributed by atoms with Crippen molar-refractivity contribution in [2.75, 3.05) is 25.0 Å². The molecule has 3 rings (SSSR count). The summed E-state index contributed by atoms with van der Waals surface area (Å²) in [4.78, 5) is 38.5. The van der Waals surface area contributed by atoms with Crippen LogP contribution >= 0.6 is 12.2 Å². The highest BCUT2D eigenvalue weighted by Gasteiger charge is 2.18. The van der Waals surface area contributed by atoms with E-state index in [0.717, 1.165) is 37.9 Å². The number of amides is 2. The van der Waals surface area contributed by atoms with Crippen molar-refractivity contribution in [1.82, 2.24) is 10.2 Å². The summed E-state index contributed by atoms with van der Waals surface area (Å²) >= 11 is 5.20. The predicted molar refractivity (Wildman–Crippen MR) is 131 cm³/mol. The van der Waals surface area contributed by atoms with E-state index in [2.05, 4.69) is 10.6 Å². The molecule has 2 aromatic carbocycles. The van der Waals surface area contributed by atoms with Crippen LogP contribution in [0, 0.1) is 0 Å². The molecule has 2 amide bonds. The lowest BCUT2D eigenvalue weighted by atomic mass is 10.1. The number of benzene rings is 2. The van der Waals surface area contributed by atoms with Crippen molar-refractivity contribution in [2.45, 2.75) is 38.5 Å². The highest BCUT2D eigenvalue weighted by Crippen LogP contribution is 2.16. The molecule has 0 saturated carbocycles. The van der Waals surface area contributed by atoms with E-state index in [-0.39, 0.29) is 36.4 Å². The van der Waals surface area contributed by atoms with Crippen molar-refractivity contribution in [3.05, 3.63) is 65.7 Å². The number of piperidine rings is 1. The average molecular weight is 468 g/mol. The van der Waals surface area contributed by atoms with E-state index in [9.17, 15) is 14.4 Å². The molecule has 2 N–H and O–H groups in total. The summed E-state index contributed by atoms with van der Waals surface area (Å²) in [6.07, 6.45) is 3.79. The highest BCUT2D eigenvalue weighted by atomic mass is 32.1. The molecule has 0 aliphatic carbocycles. The molecule has 8 heteroatoms. The molecule has 0 atom stereocenters. The zero-order valence-corrected chi connectivity index (χ0v) is 19.4. The number of esters is 1. The van der Waals surface area contributed by atoms with E-state index in [1.807, 2.05) is 35.2 Å². The van der Waals surface area contributed by atoms with Gasteiger partial charge in [0.25, 0.3) is 5.91 Å². The van der Waals surface area contributed by atoms with Gasteiger partial charge >= 0.3 is 5.97 Å². The van der Waals surface area contributed by atoms with Crippen LogP contribution in [0.3, 0.4) is 0 Å². The second-order valence-electron chi connectivity index (χ2n) is 7.89. The van der Waals surface area contributed by atoms with Gasteiger partial charge in [-0.15, -0.1) is 0 Å².